The van der Waals surface area contributed by atoms with Crippen molar-refractivity contribution in [1.29, 1.82) is 0 Å². The molecular weight excluding hydrogens is 164 g/mol. The number of aliphatic hydroxyl groups excluding tert-OH is 2. The molecule has 3 rings (SSSR count). The predicted octanol–water partition coefficient (Wildman–Crippen LogP) is 0.655. The molecule has 0 aromatic rings. The van der Waals surface area contributed by atoms with E-state index in [2.05, 4.69) is 12.2 Å². The van der Waals surface area contributed by atoms with E-state index in [9.17, 15) is 10.2 Å². The maximum atomic E-state index is 9.23. The van der Waals surface area contributed by atoms with Crippen molar-refractivity contribution >= 4 is 0 Å². The molecule has 0 heterocycles. The van der Waals surface area contributed by atoms with Crippen LogP contribution in [0.1, 0.15) is 6.42 Å². The Morgan fingerprint density at radius 1 is 0.923 bits per heavy atom. The van der Waals surface area contributed by atoms with Gasteiger partial charge < -0.3 is 10.2 Å². The van der Waals surface area contributed by atoms with Crippen LogP contribution in [0.5, 0.6) is 0 Å². The van der Waals surface area contributed by atoms with E-state index in [0.717, 1.165) is 11.8 Å². The lowest BCUT2D eigenvalue weighted by Gasteiger charge is -2.52. The predicted molar refractivity (Wildman–Crippen MR) is 48.9 cm³/mol. The molecule has 0 aromatic heterocycles. The van der Waals surface area contributed by atoms with Crippen LogP contribution in [0.15, 0.2) is 12.2 Å². The molecule has 2 bridgehead atoms. The van der Waals surface area contributed by atoms with E-state index >= 15 is 0 Å². The molecule has 13 heavy (non-hydrogen) atoms. The molecule has 2 nitrogen and oxygen atoms in total. The summed E-state index contributed by atoms with van der Waals surface area (Å²) in [5.41, 5.74) is 0. The summed E-state index contributed by atoms with van der Waals surface area (Å²) in [7, 11) is 0. The van der Waals surface area contributed by atoms with E-state index in [1.807, 2.05) is 0 Å². The summed E-state index contributed by atoms with van der Waals surface area (Å²) in [5, 5.41) is 18.5. The Balaban J connectivity index is 1.86. The number of aliphatic hydroxyl groups is 2. The molecule has 6 atom stereocenters. The minimum absolute atomic E-state index is 0.267. The maximum Gasteiger partial charge on any atom is 0.0465 e. The van der Waals surface area contributed by atoms with Gasteiger partial charge in [-0.15, -0.1) is 0 Å². The van der Waals surface area contributed by atoms with Gasteiger partial charge in [0.05, 0.1) is 0 Å². The molecule has 0 radical (unpaired) electrons. The van der Waals surface area contributed by atoms with Crippen LogP contribution in [0.2, 0.25) is 0 Å². The highest BCUT2D eigenvalue weighted by atomic mass is 16.3. The Morgan fingerprint density at radius 3 is 1.77 bits per heavy atom. The second-order valence-corrected chi connectivity index (χ2v) is 4.80. The summed E-state index contributed by atoms with van der Waals surface area (Å²) < 4.78 is 0. The lowest BCUT2D eigenvalue weighted by Crippen LogP contribution is -2.52. The Labute approximate surface area is 78.3 Å². The summed E-state index contributed by atoms with van der Waals surface area (Å²) in [4.78, 5) is 0. The Hall–Kier alpha value is -0.340. The zero-order chi connectivity index (χ0) is 9.00. The van der Waals surface area contributed by atoms with Gasteiger partial charge >= 0.3 is 0 Å². The quantitative estimate of drug-likeness (QED) is 0.613. The number of hydrogen-bond donors (Lipinski definition) is 2. The van der Waals surface area contributed by atoms with Crippen LogP contribution in [0, 0.1) is 35.5 Å². The van der Waals surface area contributed by atoms with Crippen LogP contribution in [-0.2, 0) is 0 Å². The van der Waals surface area contributed by atoms with Crippen LogP contribution in [0.3, 0.4) is 0 Å². The zero-order valence-electron chi connectivity index (χ0n) is 7.63. The maximum absolute atomic E-state index is 9.23. The fourth-order valence-electron chi connectivity index (χ4n) is 4.04. The minimum Gasteiger partial charge on any atom is -0.396 e. The summed E-state index contributed by atoms with van der Waals surface area (Å²) in [6.45, 7) is 0.535. The van der Waals surface area contributed by atoms with Crippen molar-refractivity contribution in [3.05, 3.63) is 12.2 Å². The Bertz CT molecular complexity index is 224. The van der Waals surface area contributed by atoms with Gasteiger partial charge in [-0.1, -0.05) is 12.2 Å². The average Bonchev–Trinajstić information content (AvgIpc) is 2.63. The van der Waals surface area contributed by atoms with Crippen molar-refractivity contribution < 1.29 is 10.2 Å². The third-order valence-corrected chi connectivity index (χ3v) is 4.54. The first-order valence-electron chi connectivity index (χ1n) is 5.27. The van der Waals surface area contributed by atoms with Gasteiger partial charge in [-0.3, -0.25) is 0 Å². The lowest BCUT2D eigenvalue weighted by molar-refractivity contribution is -0.0847. The summed E-state index contributed by atoms with van der Waals surface area (Å²) in [5.74, 6) is 3.59. The fraction of sp³-hybridized carbons (Fsp3) is 0.818. The molecule has 2 fully saturated rings. The van der Waals surface area contributed by atoms with Gasteiger partial charge in [0.1, 0.15) is 0 Å². The topological polar surface area (TPSA) is 40.5 Å². The third kappa shape index (κ3) is 0.810. The van der Waals surface area contributed by atoms with Crippen molar-refractivity contribution in [2.75, 3.05) is 13.2 Å². The second-order valence-electron chi connectivity index (χ2n) is 4.80. The highest BCUT2D eigenvalue weighted by Crippen LogP contribution is 2.63. The second kappa shape index (κ2) is 2.58. The van der Waals surface area contributed by atoms with Crippen LogP contribution in [0.25, 0.3) is 0 Å². The van der Waals surface area contributed by atoms with Crippen molar-refractivity contribution in [2.24, 2.45) is 35.5 Å². The van der Waals surface area contributed by atoms with Crippen LogP contribution in [-0.4, -0.2) is 23.4 Å². The Kier molecular flexibility index (Phi) is 1.59. The summed E-state index contributed by atoms with van der Waals surface area (Å²) in [6, 6.07) is 0. The molecule has 0 aliphatic heterocycles. The largest absolute Gasteiger partial charge is 0.396 e. The molecule has 6 unspecified atom stereocenters. The SMILES string of the molecule is OCC1C(CO)C2C3C=CC(C3)C12. The van der Waals surface area contributed by atoms with Crippen molar-refractivity contribution in [1.82, 2.24) is 0 Å². The molecule has 72 valence electrons. The van der Waals surface area contributed by atoms with Gasteiger partial charge in [-0.25, -0.2) is 0 Å². The molecule has 0 saturated heterocycles. The number of rotatable bonds is 2. The average molecular weight is 180 g/mol. The van der Waals surface area contributed by atoms with Gasteiger partial charge in [0, 0.05) is 13.2 Å². The fourth-order valence-corrected chi connectivity index (χ4v) is 4.04. The number of hydrogen-bond acceptors (Lipinski definition) is 2. The summed E-state index contributed by atoms with van der Waals surface area (Å²) in [6.07, 6.45) is 5.92. The highest BCUT2D eigenvalue weighted by Gasteiger charge is 2.60. The molecule has 3 aliphatic carbocycles. The van der Waals surface area contributed by atoms with Gasteiger partial charge in [-0.2, -0.15) is 0 Å². The standard InChI is InChI=1S/C11H16O2/c12-4-8-9(5-13)11-7-2-1-6(3-7)10(8)11/h1-2,6-13H,3-5H2. The first-order chi connectivity index (χ1) is 6.36. The molecule has 2 N–H and O–H groups in total. The minimum atomic E-state index is 0.267. The van der Waals surface area contributed by atoms with Crippen LogP contribution in [0.4, 0.5) is 0 Å². The lowest BCUT2D eigenvalue weighted by atomic mass is 9.53. The smallest absolute Gasteiger partial charge is 0.0465 e. The molecule has 0 spiro atoms. The van der Waals surface area contributed by atoms with Crippen molar-refractivity contribution in [2.45, 2.75) is 6.42 Å². The number of fused-ring (bicyclic) bond motifs is 5. The Morgan fingerprint density at radius 2 is 1.38 bits per heavy atom. The van der Waals surface area contributed by atoms with Gasteiger partial charge in [0.15, 0.2) is 0 Å². The van der Waals surface area contributed by atoms with E-state index in [4.69, 9.17) is 0 Å². The van der Waals surface area contributed by atoms with Crippen LogP contribution >= 0.6 is 0 Å². The zero-order valence-corrected chi connectivity index (χ0v) is 7.63. The molecule has 0 aromatic carbocycles. The van der Waals surface area contributed by atoms with E-state index in [1.165, 1.54) is 6.42 Å². The monoisotopic (exact) mass is 180 g/mol. The summed E-state index contributed by atoms with van der Waals surface area (Å²) >= 11 is 0. The third-order valence-electron chi connectivity index (χ3n) is 4.54. The van der Waals surface area contributed by atoms with E-state index in [1.54, 1.807) is 0 Å². The first kappa shape index (κ1) is 8.01. The normalized spacial score (nSPS) is 56.5. The van der Waals surface area contributed by atoms with Crippen molar-refractivity contribution in [3.8, 4) is 0 Å². The first-order valence-corrected chi connectivity index (χ1v) is 5.27. The van der Waals surface area contributed by atoms with Gasteiger partial charge in [-0.05, 0) is 41.9 Å². The molecule has 2 saturated carbocycles. The number of allylic oxidation sites excluding steroid dienone is 2. The van der Waals surface area contributed by atoms with E-state index in [-0.39, 0.29) is 13.2 Å². The van der Waals surface area contributed by atoms with Crippen molar-refractivity contribution in [3.63, 3.8) is 0 Å². The van der Waals surface area contributed by atoms with Gasteiger partial charge in [0.2, 0.25) is 0 Å². The van der Waals surface area contributed by atoms with E-state index in [0.29, 0.717) is 23.7 Å². The highest BCUT2D eigenvalue weighted by molar-refractivity contribution is 5.20. The van der Waals surface area contributed by atoms with Crippen LogP contribution < -0.4 is 0 Å². The molecule has 3 aliphatic rings. The molecule has 2 heteroatoms. The van der Waals surface area contributed by atoms with Gasteiger partial charge in [0.25, 0.3) is 0 Å². The van der Waals surface area contributed by atoms with E-state index < -0.39 is 0 Å². The molecule has 0 amide bonds. The molecular formula is C11H16O2.